The van der Waals surface area contributed by atoms with Crippen LogP contribution in [-0.2, 0) is 17.3 Å². The van der Waals surface area contributed by atoms with E-state index in [1.807, 2.05) is 18.2 Å². The maximum absolute atomic E-state index is 12.3. The highest BCUT2D eigenvalue weighted by molar-refractivity contribution is 7.84. The number of hydrogen-bond acceptors (Lipinski definition) is 2. The zero-order valence-electron chi connectivity index (χ0n) is 11.9. The molecule has 1 unspecified atom stereocenters. The van der Waals surface area contributed by atoms with Crippen molar-refractivity contribution in [2.45, 2.75) is 11.4 Å². The summed E-state index contributed by atoms with van der Waals surface area (Å²) in [4.78, 5) is 14.7. The standard InChI is InChI=1S/C16H16ClNO2S/c1-18(11-12-4-3-5-14(17)10-12)16(19)13-6-8-15(9-7-13)21(2)20/h3-10H,11H2,1-2H3. The van der Waals surface area contributed by atoms with Crippen molar-refractivity contribution in [1.29, 1.82) is 0 Å². The van der Waals surface area contributed by atoms with Gasteiger partial charge in [0, 0.05) is 46.1 Å². The lowest BCUT2D eigenvalue weighted by atomic mass is 10.1. The average molecular weight is 322 g/mol. The van der Waals surface area contributed by atoms with Crippen LogP contribution < -0.4 is 0 Å². The Morgan fingerprint density at radius 3 is 2.43 bits per heavy atom. The van der Waals surface area contributed by atoms with Gasteiger partial charge in [0.15, 0.2) is 0 Å². The maximum Gasteiger partial charge on any atom is 0.253 e. The first-order valence-electron chi connectivity index (χ1n) is 6.41. The van der Waals surface area contributed by atoms with Crippen LogP contribution in [0.4, 0.5) is 0 Å². The van der Waals surface area contributed by atoms with E-state index in [4.69, 9.17) is 11.6 Å². The molecular formula is C16H16ClNO2S. The van der Waals surface area contributed by atoms with Gasteiger partial charge in [-0.05, 0) is 42.0 Å². The number of benzene rings is 2. The molecule has 0 aliphatic carbocycles. The molecule has 0 fully saturated rings. The third-order valence-corrected chi connectivity index (χ3v) is 4.26. The molecule has 2 aromatic rings. The molecule has 3 nitrogen and oxygen atoms in total. The van der Waals surface area contributed by atoms with Gasteiger partial charge in [-0.2, -0.15) is 0 Å². The number of hydrogen-bond donors (Lipinski definition) is 0. The zero-order valence-corrected chi connectivity index (χ0v) is 13.4. The summed E-state index contributed by atoms with van der Waals surface area (Å²) in [5.41, 5.74) is 1.55. The van der Waals surface area contributed by atoms with Crippen LogP contribution >= 0.6 is 11.6 Å². The molecule has 21 heavy (non-hydrogen) atoms. The van der Waals surface area contributed by atoms with Gasteiger partial charge in [0.1, 0.15) is 0 Å². The van der Waals surface area contributed by atoms with Crippen LogP contribution in [0, 0.1) is 0 Å². The predicted molar refractivity (Wildman–Crippen MR) is 86.0 cm³/mol. The van der Waals surface area contributed by atoms with Crippen molar-refractivity contribution in [3.63, 3.8) is 0 Å². The zero-order chi connectivity index (χ0) is 15.4. The van der Waals surface area contributed by atoms with Crippen LogP contribution in [0.25, 0.3) is 0 Å². The third kappa shape index (κ3) is 4.16. The lowest BCUT2D eigenvalue weighted by Gasteiger charge is -2.17. The van der Waals surface area contributed by atoms with Crippen molar-refractivity contribution in [1.82, 2.24) is 4.90 Å². The Kier molecular flexibility index (Phi) is 5.15. The Balaban J connectivity index is 2.10. The molecule has 0 saturated carbocycles. The Bertz CT molecular complexity index is 670. The van der Waals surface area contributed by atoms with Gasteiger partial charge in [-0.3, -0.25) is 9.00 Å². The van der Waals surface area contributed by atoms with Crippen LogP contribution in [0.2, 0.25) is 5.02 Å². The number of halogens is 1. The summed E-state index contributed by atoms with van der Waals surface area (Å²) in [5.74, 6) is -0.0802. The van der Waals surface area contributed by atoms with Gasteiger partial charge < -0.3 is 4.90 Å². The fourth-order valence-electron chi connectivity index (χ4n) is 1.99. The van der Waals surface area contributed by atoms with Gasteiger partial charge in [-0.25, -0.2) is 0 Å². The number of nitrogens with zero attached hydrogens (tertiary/aromatic N) is 1. The van der Waals surface area contributed by atoms with Crippen LogP contribution in [-0.4, -0.2) is 28.3 Å². The lowest BCUT2D eigenvalue weighted by molar-refractivity contribution is 0.0785. The summed E-state index contributed by atoms with van der Waals surface area (Å²) in [7, 11) is 0.710. The fourth-order valence-corrected chi connectivity index (χ4v) is 2.72. The van der Waals surface area contributed by atoms with E-state index in [-0.39, 0.29) is 5.91 Å². The molecule has 0 spiro atoms. The summed E-state index contributed by atoms with van der Waals surface area (Å²) in [5, 5.41) is 0.656. The van der Waals surface area contributed by atoms with Crippen molar-refractivity contribution >= 4 is 28.3 Å². The van der Waals surface area contributed by atoms with Crippen LogP contribution in [0.15, 0.2) is 53.4 Å². The van der Waals surface area contributed by atoms with E-state index in [9.17, 15) is 9.00 Å². The molecule has 5 heteroatoms. The molecule has 2 aromatic carbocycles. The minimum Gasteiger partial charge on any atom is -0.337 e. The Morgan fingerprint density at radius 1 is 1.19 bits per heavy atom. The molecule has 0 aromatic heterocycles. The van der Waals surface area contributed by atoms with E-state index in [2.05, 4.69) is 0 Å². The first kappa shape index (κ1) is 15.7. The van der Waals surface area contributed by atoms with Crippen LogP contribution in [0.1, 0.15) is 15.9 Å². The molecule has 0 radical (unpaired) electrons. The van der Waals surface area contributed by atoms with E-state index >= 15 is 0 Å². The average Bonchev–Trinajstić information content (AvgIpc) is 2.46. The SMILES string of the molecule is CN(Cc1cccc(Cl)c1)C(=O)c1ccc(S(C)=O)cc1. The topological polar surface area (TPSA) is 37.4 Å². The normalized spacial score (nSPS) is 12.0. The Labute approximate surface area is 132 Å². The van der Waals surface area contributed by atoms with E-state index in [1.54, 1.807) is 48.5 Å². The molecule has 0 N–H and O–H groups in total. The molecule has 0 aliphatic rings. The Morgan fingerprint density at radius 2 is 1.86 bits per heavy atom. The van der Waals surface area contributed by atoms with Crippen molar-refractivity contribution in [3.05, 3.63) is 64.7 Å². The van der Waals surface area contributed by atoms with Gasteiger partial charge >= 0.3 is 0 Å². The number of amides is 1. The quantitative estimate of drug-likeness (QED) is 0.866. The summed E-state index contributed by atoms with van der Waals surface area (Å²) >= 11 is 5.94. The fraction of sp³-hybridized carbons (Fsp3) is 0.188. The first-order valence-corrected chi connectivity index (χ1v) is 8.34. The number of rotatable bonds is 4. The van der Waals surface area contributed by atoms with Gasteiger partial charge in [0.25, 0.3) is 5.91 Å². The second kappa shape index (κ2) is 6.87. The maximum atomic E-state index is 12.3. The van der Waals surface area contributed by atoms with E-state index < -0.39 is 10.8 Å². The van der Waals surface area contributed by atoms with Gasteiger partial charge in [-0.1, -0.05) is 23.7 Å². The van der Waals surface area contributed by atoms with Gasteiger partial charge in [-0.15, -0.1) is 0 Å². The Hall–Kier alpha value is -1.65. The van der Waals surface area contributed by atoms with E-state index in [0.29, 0.717) is 22.0 Å². The van der Waals surface area contributed by atoms with E-state index in [0.717, 1.165) is 5.56 Å². The lowest BCUT2D eigenvalue weighted by Crippen LogP contribution is -2.26. The summed E-state index contributed by atoms with van der Waals surface area (Å²) in [6.07, 6.45) is 1.61. The van der Waals surface area contributed by atoms with Crippen molar-refractivity contribution in [3.8, 4) is 0 Å². The minimum absolute atomic E-state index is 0.0802. The van der Waals surface area contributed by atoms with Gasteiger partial charge in [0.2, 0.25) is 0 Å². The molecule has 0 bridgehead atoms. The summed E-state index contributed by atoms with van der Waals surface area (Å²) in [6, 6.07) is 14.3. The van der Waals surface area contributed by atoms with Crippen molar-refractivity contribution in [2.24, 2.45) is 0 Å². The highest BCUT2D eigenvalue weighted by Crippen LogP contribution is 2.14. The summed E-state index contributed by atoms with van der Waals surface area (Å²) in [6.45, 7) is 0.487. The molecule has 1 atom stereocenters. The molecule has 0 aliphatic heterocycles. The highest BCUT2D eigenvalue weighted by atomic mass is 35.5. The predicted octanol–water partition coefficient (Wildman–Crippen LogP) is 3.35. The third-order valence-electron chi connectivity index (χ3n) is 3.09. The van der Waals surface area contributed by atoms with Crippen LogP contribution in [0.5, 0.6) is 0 Å². The van der Waals surface area contributed by atoms with Crippen LogP contribution in [0.3, 0.4) is 0 Å². The second-order valence-corrected chi connectivity index (χ2v) is 6.59. The van der Waals surface area contributed by atoms with E-state index in [1.165, 1.54) is 0 Å². The number of carbonyl (C=O) groups excluding carboxylic acids is 1. The van der Waals surface area contributed by atoms with Gasteiger partial charge in [0.05, 0.1) is 0 Å². The monoisotopic (exact) mass is 321 g/mol. The molecular weight excluding hydrogens is 306 g/mol. The molecule has 1 amide bonds. The van der Waals surface area contributed by atoms with Crippen molar-refractivity contribution in [2.75, 3.05) is 13.3 Å². The minimum atomic E-state index is -1.03. The molecule has 0 saturated heterocycles. The second-order valence-electron chi connectivity index (χ2n) is 4.77. The molecule has 0 heterocycles. The molecule has 110 valence electrons. The largest absolute Gasteiger partial charge is 0.337 e. The number of carbonyl (C=O) groups is 1. The van der Waals surface area contributed by atoms with Crippen molar-refractivity contribution < 1.29 is 9.00 Å². The first-order chi connectivity index (χ1) is 9.97. The highest BCUT2D eigenvalue weighted by Gasteiger charge is 2.12. The summed E-state index contributed by atoms with van der Waals surface area (Å²) < 4.78 is 11.3. The smallest absolute Gasteiger partial charge is 0.253 e. The molecule has 2 rings (SSSR count).